The molecule has 7 heteroatoms. The summed E-state index contributed by atoms with van der Waals surface area (Å²) in [4.78, 5) is 16.3. The van der Waals surface area contributed by atoms with Crippen LogP contribution in [0.4, 0.5) is 5.69 Å². The number of anilines is 1. The zero-order chi connectivity index (χ0) is 13.8. The van der Waals surface area contributed by atoms with Crippen molar-refractivity contribution in [2.75, 3.05) is 45.1 Å². The second-order valence-electron chi connectivity index (χ2n) is 4.82. The quantitative estimate of drug-likeness (QED) is 0.744. The zero-order valence-electron chi connectivity index (χ0n) is 11.2. The van der Waals surface area contributed by atoms with Crippen LogP contribution in [0.2, 0.25) is 0 Å². The molecule has 1 saturated heterocycles. The van der Waals surface area contributed by atoms with Crippen LogP contribution in [0.5, 0.6) is 0 Å². The number of aliphatic hydroxyl groups is 1. The molecule has 1 aromatic rings. The van der Waals surface area contributed by atoms with E-state index in [0.717, 1.165) is 19.5 Å². The molecule has 0 aliphatic carbocycles. The van der Waals surface area contributed by atoms with Crippen molar-refractivity contribution in [3.8, 4) is 0 Å². The number of carbonyl (C=O) groups is 1. The summed E-state index contributed by atoms with van der Waals surface area (Å²) in [6, 6.07) is 0. The molecule has 19 heavy (non-hydrogen) atoms. The highest BCUT2D eigenvalue weighted by atomic mass is 16.3. The third-order valence-corrected chi connectivity index (χ3v) is 3.35. The smallest absolute Gasteiger partial charge is 0.276 e. The minimum atomic E-state index is -0.107. The number of hydrogen-bond acceptors (Lipinski definition) is 5. The standard InChI is InChI=1S/C12H21N5O2/c1-15-9-10(13)11(14-15)12(19)17-4-2-3-16(5-6-17)7-8-18/h9,18H,2-8,13H2,1H3. The first-order valence-electron chi connectivity index (χ1n) is 6.53. The Morgan fingerprint density at radius 2 is 2.21 bits per heavy atom. The average Bonchev–Trinajstić information content (AvgIpc) is 2.59. The van der Waals surface area contributed by atoms with Crippen LogP contribution >= 0.6 is 0 Å². The van der Waals surface area contributed by atoms with Crippen LogP contribution in [-0.4, -0.2) is 69.9 Å². The highest BCUT2D eigenvalue weighted by molar-refractivity contribution is 5.97. The first-order chi connectivity index (χ1) is 9.11. The van der Waals surface area contributed by atoms with Gasteiger partial charge < -0.3 is 15.7 Å². The molecule has 0 aromatic carbocycles. The van der Waals surface area contributed by atoms with Crippen molar-refractivity contribution in [2.45, 2.75) is 6.42 Å². The number of nitrogens with zero attached hydrogens (tertiary/aromatic N) is 4. The number of carbonyl (C=O) groups excluding carboxylic acids is 1. The molecule has 0 unspecified atom stereocenters. The molecule has 0 atom stereocenters. The lowest BCUT2D eigenvalue weighted by atomic mass is 10.3. The molecule has 0 saturated carbocycles. The topological polar surface area (TPSA) is 87.6 Å². The average molecular weight is 267 g/mol. The molecule has 1 amide bonds. The van der Waals surface area contributed by atoms with Crippen molar-refractivity contribution in [1.29, 1.82) is 0 Å². The van der Waals surface area contributed by atoms with Gasteiger partial charge >= 0.3 is 0 Å². The van der Waals surface area contributed by atoms with Gasteiger partial charge in [0.05, 0.1) is 12.3 Å². The predicted molar refractivity (Wildman–Crippen MR) is 71.7 cm³/mol. The van der Waals surface area contributed by atoms with E-state index in [4.69, 9.17) is 10.8 Å². The third kappa shape index (κ3) is 3.24. The molecule has 1 aliphatic rings. The summed E-state index contributed by atoms with van der Waals surface area (Å²) in [6.45, 7) is 3.85. The van der Waals surface area contributed by atoms with Gasteiger partial charge in [-0.15, -0.1) is 0 Å². The minimum absolute atomic E-state index is 0.107. The number of nitrogens with two attached hydrogens (primary N) is 1. The summed E-state index contributed by atoms with van der Waals surface area (Å²) in [6.07, 6.45) is 2.54. The van der Waals surface area contributed by atoms with E-state index in [-0.39, 0.29) is 12.5 Å². The fraction of sp³-hybridized carbons (Fsp3) is 0.667. The number of hydrogen-bond donors (Lipinski definition) is 2. The van der Waals surface area contributed by atoms with Crippen molar-refractivity contribution >= 4 is 11.6 Å². The van der Waals surface area contributed by atoms with Crippen molar-refractivity contribution in [2.24, 2.45) is 7.05 Å². The number of aryl methyl sites for hydroxylation is 1. The van der Waals surface area contributed by atoms with Gasteiger partial charge in [0, 0.05) is 39.4 Å². The van der Waals surface area contributed by atoms with E-state index in [1.807, 2.05) is 0 Å². The summed E-state index contributed by atoms with van der Waals surface area (Å²) in [5, 5.41) is 13.1. The summed E-state index contributed by atoms with van der Waals surface area (Å²) < 4.78 is 1.55. The van der Waals surface area contributed by atoms with Gasteiger partial charge in [-0.25, -0.2) is 0 Å². The van der Waals surface area contributed by atoms with Gasteiger partial charge in [0.1, 0.15) is 0 Å². The van der Waals surface area contributed by atoms with Gasteiger partial charge in [-0.2, -0.15) is 5.10 Å². The Bertz CT molecular complexity index is 445. The minimum Gasteiger partial charge on any atom is -0.396 e. The Labute approximate surface area is 112 Å². The third-order valence-electron chi connectivity index (χ3n) is 3.35. The lowest BCUT2D eigenvalue weighted by Crippen LogP contribution is -2.36. The Morgan fingerprint density at radius 1 is 1.42 bits per heavy atom. The SMILES string of the molecule is Cn1cc(N)c(C(=O)N2CCCN(CCO)CC2)n1. The van der Waals surface area contributed by atoms with Crippen LogP contribution in [0.1, 0.15) is 16.9 Å². The number of nitrogen functional groups attached to an aromatic ring is 1. The van der Waals surface area contributed by atoms with Gasteiger partial charge in [0.15, 0.2) is 5.69 Å². The highest BCUT2D eigenvalue weighted by Crippen LogP contribution is 2.13. The lowest BCUT2D eigenvalue weighted by molar-refractivity contribution is 0.0755. The number of aromatic nitrogens is 2. The van der Waals surface area contributed by atoms with Crippen molar-refractivity contribution in [3.63, 3.8) is 0 Å². The first-order valence-corrected chi connectivity index (χ1v) is 6.53. The molecule has 0 radical (unpaired) electrons. The van der Waals surface area contributed by atoms with Crippen molar-refractivity contribution < 1.29 is 9.90 Å². The fourth-order valence-electron chi connectivity index (χ4n) is 2.36. The molecule has 1 fully saturated rings. The first kappa shape index (κ1) is 13.8. The number of amides is 1. The maximum Gasteiger partial charge on any atom is 0.276 e. The van der Waals surface area contributed by atoms with Crippen molar-refractivity contribution in [1.82, 2.24) is 19.6 Å². The molecule has 1 aromatic heterocycles. The predicted octanol–water partition coefficient (Wildman–Crippen LogP) is -0.857. The molecule has 106 valence electrons. The van der Waals surface area contributed by atoms with Crippen molar-refractivity contribution in [3.05, 3.63) is 11.9 Å². The fourth-order valence-corrected chi connectivity index (χ4v) is 2.36. The van der Waals surface area contributed by atoms with E-state index >= 15 is 0 Å². The molecular formula is C12H21N5O2. The number of aliphatic hydroxyl groups excluding tert-OH is 1. The van der Waals surface area contributed by atoms with Crippen LogP contribution in [0.3, 0.4) is 0 Å². The normalized spacial score (nSPS) is 17.5. The van der Waals surface area contributed by atoms with E-state index < -0.39 is 0 Å². The molecular weight excluding hydrogens is 246 g/mol. The van der Waals surface area contributed by atoms with Gasteiger partial charge in [0.2, 0.25) is 0 Å². The van der Waals surface area contributed by atoms with Crippen LogP contribution in [0.25, 0.3) is 0 Å². The van der Waals surface area contributed by atoms with E-state index in [0.29, 0.717) is 31.0 Å². The summed E-state index contributed by atoms with van der Waals surface area (Å²) in [7, 11) is 1.75. The Balaban J connectivity index is 2.02. The molecule has 1 aliphatic heterocycles. The second kappa shape index (κ2) is 6.03. The van der Waals surface area contributed by atoms with Gasteiger partial charge in [-0.1, -0.05) is 0 Å². The molecule has 0 spiro atoms. The van der Waals surface area contributed by atoms with Crippen LogP contribution in [-0.2, 0) is 7.05 Å². The van der Waals surface area contributed by atoms with Crippen LogP contribution < -0.4 is 5.73 Å². The summed E-state index contributed by atoms with van der Waals surface area (Å²) >= 11 is 0. The van der Waals surface area contributed by atoms with Crippen LogP contribution in [0.15, 0.2) is 6.20 Å². The summed E-state index contributed by atoms with van der Waals surface area (Å²) in [5.74, 6) is -0.107. The number of rotatable bonds is 3. The molecule has 2 rings (SSSR count). The van der Waals surface area contributed by atoms with E-state index in [9.17, 15) is 4.79 Å². The van der Waals surface area contributed by atoms with E-state index in [1.54, 1.807) is 22.8 Å². The largest absolute Gasteiger partial charge is 0.396 e. The highest BCUT2D eigenvalue weighted by Gasteiger charge is 2.23. The molecule has 7 nitrogen and oxygen atoms in total. The van der Waals surface area contributed by atoms with E-state index in [2.05, 4.69) is 10.00 Å². The Kier molecular flexibility index (Phi) is 4.39. The van der Waals surface area contributed by atoms with Gasteiger partial charge in [0.25, 0.3) is 5.91 Å². The Morgan fingerprint density at radius 3 is 2.84 bits per heavy atom. The summed E-state index contributed by atoms with van der Waals surface area (Å²) in [5.41, 5.74) is 6.54. The molecule has 2 heterocycles. The van der Waals surface area contributed by atoms with Gasteiger partial charge in [-0.05, 0) is 13.0 Å². The monoisotopic (exact) mass is 267 g/mol. The maximum atomic E-state index is 12.4. The number of β-amino-alcohol motifs (C(OH)–C–C–N with tert-alkyl or cyclic N) is 1. The van der Waals surface area contributed by atoms with E-state index in [1.165, 1.54) is 0 Å². The maximum absolute atomic E-state index is 12.4. The molecule has 3 N–H and O–H groups in total. The zero-order valence-corrected chi connectivity index (χ0v) is 11.2. The Hall–Kier alpha value is -1.60. The van der Waals surface area contributed by atoms with Crippen LogP contribution in [0, 0.1) is 0 Å². The van der Waals surface area contributed by atoms with Gasteiger partial charge in [-0.3, -0.25) is 14.4 Å². The lowest BCUT2D eigenvalue weighted by Gasteiger charge is -2.20. The molecule has 0 bridgehead atoms. The second-order valence-corrected chi connectivity index (χ2v) is 4.82.